The summed E-state index contributed by atoms with van der Waals surface area (Å²) >= 11 is 0. The summed E-state index contributed by atoms with van der Waals surface area (Å²) in [6, 6.07) is 2.62. The molecule has 0 aromatic carbocycles. The highest BCUT2D eigenvalue weighted by Crippen LogP contribution is 2.28. The van der Waals surface area contributed by atoms with Crippen LogP contribution in [0.4, 0.5) is 14.5 Å². The number of rotatable bonds is 2. The summed E-state index contributed by atoms with van der Waals surface area (Å²) in [6.45, 7) is 0. The fourth-order valence-corrected chi connectivity index (χ4v) is 0.976. The number of alkyl halides is 2. The summed E-state index contributed by atoms with van der Waals surface area (Å²) in [7, 11) is 1.29. The Morgan fingerprint density at radius 2 is 2.29 bits per heavy atom. The van der Waals surface area contributed by atoms with Crippen LogP contribution in [-0.2, 0) is 0 Å². The maximum atomic E-state index is 12.2. The number of anilines is 1. The van der Waals surface area contributed by atoms with Crippen LogP contribution < -0.4 is 10.5 Å². The van der Waals surface area contributed by atoms with Crippen molar-refractivity contribution >= 4 is 5.69 Å². The van der Waals surface area contributed by atoms with E-state index in [9.17, 15) is 8.78 Å². The van der Waals surface area contributed by atoms with Crippen molar-refractivity contribution < 1.29 is 13.5 Å². The van der Waals surface area contributed by atoms with Gasteiger partial charge in [0.2, 0.25) is 0 Å². The van der Waals surface area contributed by atoms with Gasteiger partial charge < -0.3 is 10.5 Å². The summed E-state index contributed by atoms with van der Waals surface area (Å²) in [5, 5.41) is 8.59. The smallest absolute Gasteiger partial charge is 0.280 e. The van der Waals surface area contributed by atoms with Crippen molar-refractivity contribution in [3.63, 3.8) is 0 Å². The van der Waals surface area contributed by atoms with Crippen molar-refractivity contribution in [2.45, 2.75) is 6.43 Å². The van der Waals surface area contributed by atoms with Gasteiger partial charge in [-0.25, -0.2) is 13.8 Å². The summed E-state index contributed by atoms with van der Waals surface area (Å²) in [4.78, 5) is 3.41. The number of nitriles is 1. The minimum Gasteiger partial charge on any atom is -0.492 e. The Morgan fingerprint density at radius 3 is 2.71 bits per heavy atom. The Bertz CT molecular complexity index is 387. The van der Waals surface area contributed by atoms with Gasteiger partial charge in [-0.05, 0) is 6.07 Å². The van der Waals surface area contributed by atoms with Crippen molar-refractivity contribution in [1.29, 1.82) is 5.26 Å². The first-order valence-corrected chi connectivity index (χ1v) is 3.62. The van der Waals surface area contributed by atoms with Crippen LogP contribution >= 0.6 is 0 Å². The quantitative estimate of drug-likeness (QED) is 0.782. The molecule has 0 spiro atoms. The molecule has 74 valence electrons. The van der Waals surface area contributed by atoms with E-state index < -0.39 is 12.1 Å². The molecule has 4 nitrogen and oxygen atoms in total. The average Bonchev–Trinajstić information content (AvgIpc) is 2.16. The SMILES string of the molecule is COc1c(N)cc(C(F)F)nc1C#N. The first-order chi connectivity index (χ1) is 6.60. The van der Waals surface area contributed by atoms with Gasteiger partial charge >= 0.3 is 0 Å². The summed E-state index contributed by atoms with van der Waals surface area (Å²) < 4.78 is 29.2. The van der Waals surface area contributed by atoms with Gasteiger partial charge in [0.1, 0.15) is 11.8 Å². The first kappa shape index (κ1) is 10.2. The lowest BCUT2D eigenvalue weighted by molar-refractivity contribution is 0.146. The van der Waals surface area contributed by atoms with Gasteiger partial charge in [0, 0.05) is 0 Å². The zero-order valence-corrected chi connectivity index (χ0v) is 7.29. The third-order valence-corrected chi connectivity index (χ3v) is 1.56. The minimum absolute atomic E-state index is 0.0191. The fraction of sp³-hybridized carbons (Fsp3) is 0.250. The molecular formula is C8H7F2N3O. The third-order valence-electron chi connectivity index (χ3n) is 1.56. The van der Waals surface area contributed by atoms with E-state index >= 15 is 0 Å². The number of pyridine rings is 1. The second-order valence-electron chi connectivity index (χ2n) is 2.43. The Morgan fingerprint density at radius 1 is 1.64 bits per heavy atom. The van der Waals surface area contributed by atoms with E-state index in [0.717, 1.165) is 6.07 Å². The fourth-order valence-electron chi connectivity index (χ4n) is 0.976. The number of hydrogen-bond donors (Lipinski definition) is 1. The highest BCUT2D eigenvalue weighted by molar-refractivity contribution is 5.59. The molecule has 0 bridgehead atoms. The standard InChI is InChI=1S/C8H7F2N3O/c1-14-7-4(12)2-5(8(9)10)13-6(7)3-11/h2,8H,1H3,(H2,12,13). The lowest BCUT2D eigenvalue weighted by Crippen LogP contribution is -2.01. The van der Waals surface area contributed by atoms with Gasteiger partial charge in [-0.1, -0.05) is 0 Å². The molecule has 1 aromatic rings. The van der Waals surface area contributed by atoms with Crippen LogP contribution in [0.15, 0.2) is 6.07 Å². The van der Waals surface area contributed by atoms with E-state index in [1.807, 2.05) is 0 Å². The number of hydrogen-bond acceptors (Lipinski definition) is 4. The van der Waals surface area contributed by atoms with Gasteiger partial charge in [-0.15, -0.1) is 0 Å². The first-order valence-electron chi connectivity index (χ1n) is 3.62. The molecule has 0 aliphatic carbocycles. The second kappa shape index (κ2) is 3.87. The molecule has 0 saturated carbocycles. The topological polar surface area (TPSA) is 71.9 Å². The number of aromatic nitrogens is 1. The van der Waals surface area contributed by atoms with E-state index in [0.29, 0.717) is 0 Å². The molecule has 0 fully saturated rings. The maximum Gasteiger partial charge on any atom is 0.280 e. The summed E-state index contributed by atoms with van der Waals surface area (Å²) in [5.41, 5.74) is 4.62. The van der Waals surface area contributed by atoms with Crippen molar-refractivity contribution in [1.82, 2.24) is 4.98 Å². The predicted octanol–water partition coefficient (Wildman–Crippen LogP) is 1.48. The average molecular weight is 199 g/mol. The Kier molecular flexibility index (Phi) is 2.82. The molecule has 0 amide bonds. The zero-order chi connectivity index (χ0) is 10.7. The molecule has 0 aliphatic heterocycles. The zero-order valence-electron chi connectivity index (χ0n) is 7.29. The van der Waals surface area contributed by atoms with Crippen molar-refractivity contribution in [3.8, 4) is 11.8 Å². The highest BCUT2D eigenvalue weighted by atomic mass is 19.3. The molecule has 1 aromatic heterocycles. The Labute approximate surface area is 78.9 Å². The van der Waals surface area contributed by atoms with Gasteiger partial charge in [-0.2, -0.15) is 5.26 Å². The van der Waals surface area contributed by atoms with Crippen LogP contribution in [0.1, 0.15) is 17.8 Å². The van der Waals surface area contributed by atoms with E-state index in [-0.39, 0.29) is 17.1 Å². The molecule has 0 saturated heterocycles. The van der Waals surface area contributed by atoms with Crippen molar-refractivity contribution in [2.24, 2.45) is 0 Å². The van der Waals surface area contributed by atoms with Crippen LogP contribution in [0.2, 0.25) is 0 Å². The van der Waals surface area contributed by atoms with Crippen molar-refractivity contribution in [2.75, 3.05) is 12.8 Å². The lowest BCUT2D eigenvalue weighted by Gasteiger charge is -2.07. The van der Waals surface area contributed by atoms with Gasteiger partial charge in [0.05, 0.1) is 12.8 Å². The molecule has 0 unspecified atom stereocenters. The number of nitrogens with two attached hydrogens (primary N) is 1. The third kappa shape index (κ3) is 1.71. The van der Waals surface area contributed by atoms with Crippen LogP contribution in [0, 0.1) is 11.3 Å². The molecule has 14 heavy (non-hydrogen) atoms. The number of nitrogen functional groups attached to an aromatic ring is 1. The highest BCUT2D eigenvalue weighted by Gasteiger charge is 2.16. The molecule has 2 N–H and O–H groups in total. The minimum atomic E-state index is -2.75. The Hall–Kier alpha value is -1.90. The van der Waals surface area contributed by atoms with Gasteiger partial charge in [0.15, 0.2) is 11.4 Å². The van der Waals surface area contributed by atoms with Crippen molar-refractivity contribution in [3.05, 3.63) is 17.5 Å². The van der Waals surface area contributed by atoms with Gasteiger partial charge in [-0.3, -0.25) is 0 Å². The molecule has 6 heteroatoms. The van der Waals surface area contributed by atoms with Crippen LogP contribution in [0.3, 0.4) is 0 Å². The summed E-state index contributed by atoms with van der Waals surface area (Å²) in [6.07, 6.45) is -2.75. The van der Waals surface area contributed by atoms with Crippen LogP contribution in [0.25, 0.3) is 0 Å². The number of nitrogens with zero attached hydrogens (tertiary/aromatic N) is 2. The molecule has 1 rings (SSSR count). The normalized spacial score (nSPS) is 9.93. The van der Waals surface area contributed by atoms with Crippen LogP contribution in [0.5, 0.6) is 5.75 Å². The number of halogens is 2. The predicted molar refractivity (Wildman–Crippen MR) is 44.9 cm³/mol. The monoisotopic (exact) mass is 199 g/mol. The number of ether oxygens (including phenoxy) is 1. The van der Waals surface area contributed by atoms with Gasteiger partial charge in [0.25, 0.3) is 6.43 Å². The van der Waals surface area contributed by atoms with Crippen LogP contribution in [-0.4, -0.2) is 12.1 Å². The molecule has 1 heterocycles. The molecule has 0 radical (unpaired) electrons. The van der Waals surface area contributed by atoms with E-state index in [1.54, 1.807) is 6.07 Å². The largest absolute Gasteiger partial charge is 0.492 e. The number of methoxy groups -OCH3 is 1. The molecular weight excluding hydrogens is 192 g/mol. The maximum absolute atomic E-state index is 12.2. The van der Waals surface area contributed by atoms with E-state index in [2.05, 4.69) is 4.98 Å². The summed E-state index contributed by atoms with van der Waals surface area (Å²) in [5.74, 6) is 0.0249. The molecule has 0 aliphatic rings. The molecule has 0 atom stereocenters. The lowest BCUT2D eigenvalue weighted by atomic mass is 10.2. The Balaban J connectivity index is 3.33. The van der Waals surface area contributed by atoms with E-state index in [1.165, 1.54) is 7.11 Å². The second-order valence-corrected chi connectivity index (χ2v) is 2.43. The van der Waals surface area contributed by atoms with E-state index in [4.69, 9.17) is 15.7 Å².